The number of nitrogens with one attached hydrogen (secondary N) is 1. The molecular weight excluding hydrogens is 380 g/mol. The van der Waals surface area contributed by atoms with E-state index in [9.17, 15) is 13.2 Å². The summed E-state index contributed by atoms with van der Waals surface area (Å²) in [7, 11) is -2.57. The maximum Gasteiger partial charge on any atom is 0.265 e. The van der Waals surface area contributed by atoms with Crippen LogP contribution in [-0.2, 0) is 14.8 Å². The number of benzene rings is 2. The van der Waals surface area contributed by atoms with Crippen molar-refractivity contribution in [3.63, 3.8) is 0 Å². The number of fused-ring (bicyclic) bond motifs is 1. The van der Waals surface area contributed by atoms with Crippen molar-refractivity contribution in [2.75, 3.05) is 29.9 Å². The highest BCUT2D eigenvalue weighted by atomic mass is 35.5. The first-order chi connectivity index (χ1) is 12.3. The number of rotatable bonds is 4. The van der Waals surface area contributed by atoms with Gasteiger partial charge in [-0.1, -0.05) is 11.6 Å². The minimum absolute atomic E-state index is 0.0788. The lowest BCUT2D eigenvalue weighted by molar-refractivity contribution is -0.116. The van der Waals surface area contributed by atoms with E-state index in [0.29, 0.717) is 30.3 Å². The van der Waals surface area contributed by atoms with E-state index in [2.05, 4.69) is 4.72 Å². The molecule has 0 unspecified atom stereocenters. The van der Waals surface area contributed by atoms with E-state index in [1.807, 2.05) is 0 Å². The summed E-state index contributed by atoms with van der Waals surface area (Å²) in [6.45, 7) is 2.24. The van der Waals surface area contributed by atoms with Gasteiger partial charge in [0.25, 0.3) is 10.0 Å². The number of sulfonamides is 1. The number of carbonyl (C=O) groups is 1. The fraction of sp³-hybridized carbons (Fsp3) is 0.235. The van der Waals surface area contributed by atoms with Gasteiger partial charge in [-0.2, -0.15) is 0 Å². The first-order valence-electron chi connectivity index (χ1n) is 7.73. The van der Waals surface area contributed by atoms with E-state index in [-0.39, 0.29) is 21.6 Å². The van der Waals surface area contributed by atoms with Crippen LogP contribution in [-0.4, -0.2) is 34.6 Å². The number of halogens is 1. The zero-order valence-corrected chi connectivity index (χ0v) is 15.7. The van der Waals surface area contributed by atoms with Crippen LogP contribution >= 0.6 is 11.6 Å². The Kier molecular flexibility index (Phi) is 4.97. The van der Waals surface area contributed by atoms with Gasteiger partial charge in [0.05, 0.1) is 25.0 Å². The zero-order valence-electron chi connectivity index (χ0n) is 14.2. The van der Waals surface area contributed by atoms with Gasteiger partial charge in [0.1, 0.15) is 23.0 Å². The molecule has 2 aromatic carbocycles. The van der Waals surface area contributed by atoms with Crippen molar-refractivity contribution < 1.29 is 22.7 Å². The quantitative estimate of drug-likeness (QED) is 0.858. The van der Waals surface area contributed by atoms with Gasteiger partial charge in [-0.3, -0.25) is 9.52 Å². The first kappa shape index (κ1) is 18.3. The number of ether oxygens (including phenoxy) is 2. The molecule has 1 heterocycles. The molecule has 0 fully saturated rings. The Morgan fingerprint density at radius 3 is 2.73 bits per heavy atom. The molecule has 2 aromatic rings. The first-order valence-corrected chi connectivity index (χ1v) is 9.59. The molecule has 138 valence electrons. The molecule has 0 bridgehead atoms. The van der Waals surface area contributed by atoms with Gasteiger partial charge in [0.15, 0.2) is 0 Å². The lowest BCUT2D eigenvalue weighted by Gasteiger charge is -2.29. The summed E-state index contributed by atoms with van der Waals surface area (Å²) in [5, 5.41) is 0.271. The molecule has 0 saturated carbocycles. The lowest BCUT2D eigenvalue weighted by atomic mass is 10.2. The predicted octanol–water partition coefficient (Wildman–Crippen LogP) is 2.89. The summed E-state index contributed by atoms with van der Waals surface area (Å²) < 4.78 is 38.6. The molecule has 0 atom stereocenters. The van der Waals surface area contributed by atoms with Crippen LogP contribution in [0.15, 0.2) is 41.3 Å². The van der Waals surface area contributed by atoms with Crippen molar-refractivity contribution in [3.05, 3.63) is 41.4 Å². The Morgan fingerprint density at radius 2 is 2.04 bits per heavy atom. The van der Waals surface area contributed by atoms with Crippen LogP contribution in [0.3, 0.4) is 0 Å². The maximum absolute atomic E-state index is 12.8. The second-order valence-corrected chi connectivity index (χ2v) is 7.69. The molecule has 0 saturated heterocycles. The molecule has 3 rings (SSSR count). The number of nitrogens with zero attached hydrogens (tertiary/aromatic N) is 1. The van der Waals surface area contributed by atoms with Gasteiger partial charge in [-0.15, -0.1) is 0 Å². The highest BCUT2D eigenvalue weighted by Crippen LogP contribution is 2.35. The summed E-state index contributed by atoms with van der Waals surface area (Å²) >= 11 is 5.92. The predicted molar refractivity (Wildman–Crippen MR) is 98.8 cm³/mol. The number of anilines is 2. The maximum atomic E-state index is 12.8. The summed E-state index contributed by atoms with van der Waals surface area (Å²) in [4.78, 5) is 13.3. The number of methoxy groups -OCH3 is 1. The van der Waals surface area contributed by atoms with Gasteiger partial charge in [0, 0.05) is 11.9 Å². The molecular formula is C17H17ClN2O5S. The molecule has 26 heavy (non-hydrogen) atoms. The monoisotopic (exact) mass is 396 g/mol. The van der Waals surface area contributed by atoms with Gasteiger partial charge < -0.3 is 14.4 Å². The largest absolute Gasteiger partial charge is 0.495 e. The Hall–Kier alpha value is -2.45. The molecule has 1 N–H and O–H groups in total. The molecule has 1 aliphatic rings. The number of hydrogen-bond donors (Lipinski definition) is 1. The summed E-state index contributed by atoms with van der Waals surface area (Å²) in [6, 6.07) is 9.08. The van der Waals surface area contributed by atoms with Gasteiger partial charge in [0.2, 0.25) is 5.91 Å². The Morgan fingerprint density at radius 1 is 1.27 bits per heavy atom. The van der Waals surface area contributed by atoms with Crippen molar-refractivity contribution in [1.29, 1.82) is 0 Å². The summed E-state index contributed by atoms with van der Waals surface area (Å²) in [6.07, 6.45) is 0. The van der Waals surface area contributed by atoms with E-state index in [0.717, 1.165) is 0 Å². The lowest BCUT2D eigenvalue weighted by Crippen LogP contribution is -2.36. The molecule has 7 nitrogen and oxygen atoms in total. The van der Waals surface area contributed by atoms with E-state index in [1.54, 1.807) is 24.3 Å². The van der Waals surface area contributed by atoms with E-state index < -0.39 is 10.0 Å². The average Bonchev–Trinajstić information content (AvgIpc) is 2.60. The number of carbonyl (C=O) groups excluding carboxylic acids is 1. The number of hydrogen-bond acceptors (Lipinski definition) is 5. The minimum Gasteiger partial charge on any atom is -0.495 e. The van der Waals surface area contributed by atoms with Crippen molar-refractivity contribution in [2.45, 2.75) is 11.8 Å². The van der Waals surface area contributed by atoms with Crippen LogP contribution in [0.1, 0.15) is 6.92 Å². The highest BCUT2D eigenvalue weighted by molar-refractivity contribution is 7.92. The van der Waals surface area contributed by atoms with Crippen molar-refractivity contribution in [2.24, 2.45) is 0 Å². The van der Waals surface area contributed by atoms with Crippen LogP contribution < -0.4 is 19.1 Å². The van der Waals surface area contributed by atoms with E-state index in [1.165, 1.54) is 31.1 Å². The van der Waals surface area contributed by atoms with Crippen LogP contribution in [0.2, 0.25) is 5.02 Å². The average molecular weight is 397 g/mol. The van der Waals surface area contributed by atoms with Crippen molar-refractivity contribution >= 4 is 38.9 Å². The second kappa shape index (κ2) is 7.05. The molecule has 1 aliphatic heterocycles. The van der Waals surface area contributed by atoms with E-state index >= 15 is 0 Å². The molecule has 0 radical (unpaired) electrons. The standard InChI is InChI=1S/C17H17ClN2O5S/c1-11(21)20-7-8-25-15-6-4-13(10-14(15)20)19-26(22,23)17-9-12(18)3-5-16(17)24-2/h3-6,9-10,19H,7-8H2,1-2H3. The Labute approximate surface area is 156 Å². The molecule has 0 aliphatic carbocycles. The third kappa shape index (κ3) is 3.56. The van der Waals surface area contributed by atoms with Gasteiger partial charge in [-0.25, -0.2) is 8.42 Å². The Balaban J connectivity index is 1.98. The molecule has 9 heteroatoms. The summed E-state index contributed by atoms with van der Waals surface area (Å²) in [5.41, 5.74) is 0.810. The summed E-state index contributed by atoms with van der Waals surface area (Å²) in [5.74, 6) is 0.550. The van der Waals surface area contributed by atoms with Crippen LogP contribution in [0, 0.1) is 0 Å². The van der Waals surface area contributed by atoms with E-state index in [4.69, 9.17) is 21.1 Å². The fourth-order valence-corrected chi connectivity index (χ4v) is 4.16. The number of amides is 1. The third-order valence-corrected chi connectivity index (χ3v) is 5.51. The fourth-order valence-electron chi connectivity index (χ4n) is 2.68. The normalized spacial score (nSPS) is 13.6. The molecule has 0 aromatic heterocycles. The van der Waals surface area contributed by atoms with Crippen LogP contribution in [0.4, 0.5) is 11.4 Å². The molecule has 0 spiro atoms. The smallest absolute Gasteiger partial charge is 0.265 e. The SMILES string of the molecule is COc1ccc(Cl)cc1S(=O)(=O)Nc1ccc2c(c1)N(C(C)=O)CCO2. The topological polar surface area (TPSA) is 84.9 Å². The van der Waals surface area contributed by atoms with Crippen molar-refractivity contribution in [1.82, 2.24) is 0 Å². The van der Waals surface area contributed by atoms with Crippen LogP contribution in [0.25, 0.3) is 0 Å². The van der Waals surface area contributed by atoms with Gasteiger partial charge in [-0.05, 0) is 36.4 Å². The minimum atomic E-state index is -3.95. The third-order valence-electron chi connectivity index (χ3n) is 3.87. The zero-order chi connectivity index (χ0) is 18.9. The highest BCUT2D eigenvalue weighted by Gasteiger charge is 2.24. The molecule has 1 amide bonds. The van der Waals surface area contributed by atoms with Crippen LogP contribution in [0.5, 0.6) is 11.5 Å². The second-order valence-electron chi connectivity index (χ2n) is 5.60. The van der Waals surface area contributed by atoms with Gasteiger partial charge >= 0.3 is 0 Å². The Bertz CT molecular complexity index is 962. The van der Waals surface area contributed by atoms with Crippen molar-refractivity contribution in [3.8, 4) is 11.5 Å².